The van der Waals surface area contributed by atoms with Crippen molar-refractivity contribution in [2.45, 2.75) is 19.8 Å². The Hall–Kier alpha value is -2.24. The Morgan fingerprint density at radius 3 is 2.32 bits per heavy atom. The quantitative estimate of drug-likeness (QED) is 0.893. The minimum Gasteiger partial charge on any atom is -0.496 e. The molecule has 1 unspecified atom stereocenters. The number of likely N-dealkylation sites (tertiary alicyclic amines) is 1. The van der Waals surface area contributed by atoms with Crippen LogP contribution in [0.3, 0.4) is 0 Å². The molecule has 22 heavy (non-hydrogen) atoms. The molecule has 1 amide bonds. The van der Waals surface area contributed by atoms with Gasteiger partial charge in [0, 0.05) is 18.7 Å². The number of aliphatic carboxylic acids is 1. The summed E-state index contributed by atoms with van der Waals surface area (Å²) in [4.78, 5) is 25.4. The van der Waals surface area contributed by atoms with E-state index in [1.54, 1.807) is 44.2 Å². The summed E-state index contributed by atoms with van der Waals surface area (Å²) in [6, 6.07) is 5.34. The van der Waals surface area contributed by atoms with Crippen molar-refractivity contribution in [1.29, 1.82) is 0 Å². The molecule has 1 aliphatic rings. The fourth-order valence-corrected chi connectivity index (χ4v) is 2.71. The molecule has 1 heterocycles. The lowest BCUT2D eigenvalue weighted by atomic mass is 9.90. The molecule has 1 aliphatic heterocycles. The van der Waals surface area contributed by atoms with Crippen molar-refractivity contribution in [3.8, 4) is 11.5 Å². The highest BCUT2D eigenvalue weighted by molar-refractivity contribution is 5.83. The van der Waals surface area contributed by atoms with Crippen molar-refractivity contribution < 1.29 is 24.2 Å². The second-order valence-electron chi connectivity index (χ2n) is 5.75. The number of rotatable bonds is 5. The van der Waals surface area contributed by atoms with Gasteiger partial charge in [-0.05, 0) is 25.5 Å². The third-order valence-corrected chi connectivity index (χ3v) is 4.20. The van der Waals surface area contributed by atoms with Crippen LogP contribution in [-0.4, -0.2) is 49.2 Å². The number of carbonyl (C=O) groups excluding carboxylic acids is 1. The maximum absolute atomic E-state index is 12.5. The first-order chi connectivity index (χ1) is 10.4. The highest BCUT2D eigenvalue weighted by atomic mass is 16.5. The van der Waals surface area contributed by atoms with Crippen LogP contribution in [0.15, 0.2) is 18.2 Å². The predicted octanol–water partition coefficient (Wildman–Crippen LogP) is 1.57. The normalized spacial score (nSPS) is 20.8. The first kappa shape index (κ1) is 16.1. The van der Waals surface area contributed by atoms with Crippen molar-refractivity contribution >= 4 is 11.9 Å². The average Bonchev–Trinajstić information content (AvgIpc) is 2.91. The van der Waals surface area contributed by atoms with Crippen molar-refractivity contribution in [2.75, 3.05) is 27.3 Å². The fourth-order valence-electron chi connectivity index (χ4n) is 2.71. The lowest BCUT2D eigenvalue weighted by Gasteiger charge is -2.21. The number of carboxylic acids is 1. The van der Waals surface area contributed by atoms with Gasteiger partial charge < -0.3 is 19.5 Å². The van der Waals surface area contributed by atoms with E-state index in [4.69, 9.17) is 9.47 Å². The molecule has 0 bridgehead atoms. The standard InChI is InChI=1S/C16H21NO5/c1-16(15(19)20)7-8-17(10-16)14(18)9-11-12(21-2)5-4-6-13(11)22-3/h4-6H,7-10H2,1-3H3,(H,19,20). The smallest absolute Gasteiger partial charge is 0.311 e. The molecule has 0 saturated carbocycles. The summed E-state index contributed by atoms with van der Waals surface area (Å²) in [7, 11) is 3.08. The number of ether oxygens (including phenoxy) is 2. The lowest BCUT2D eigenvalue weighted by molar-refractivity contribution is -0.147. The summed E-state index contributed by atoms with van der Waals surface area (Å²) in [5, 5.41) is 9.25. The Balaban J connectivity index is 2.15. The Labute approximate surface area is 129 Å². The average molecular weight is 307 g/mol. The van der Waals surface area contributed by atoms with E-state index in [1.165, 1.54) is 0 Å². The summed E-state index contributed by atoms with van der Waals surface area (Å²) < 4.78 is 10.6. The molecule has 2 rings (SSSR count). The summed E-state index contributed by atoms with van der Waals surface area (Å²) in [6.07, 6.45) is 0.597. The maximum Gasteiger partial charge on any atom is 0.311 e. The van der Waals surface area contributed by atoms with Crippen LogP contribution in [0.1, 0.15) is 18.9 Å². The number of carbonyl (C=O) groups is 2. The predicted molar refractivity (Wildman–Crippen MR) is 80.2 cm³/mol. The van der Waals surface area contributed by atoms with Crippen LogP contribution in [0.2, 0.25) is 0 Å². The summed E-state index contributed by atoms with van der Waals surface area (Å²) >= 11 is 0. The van der Waals surface area contributed by atoms with Crippen LogP contribution in [-0.2, 0) is 16.0 Å². The van der Waals surface area contributed by atoms with E-state index in [0.29, 0.717) is 30.0 Å². The van der Waals surface area contributed by atoms with Gasteiger partial charge in [0.2, 0.25) is 5.91 Å². The van der Waals surface area contributed by atoms with E-state index < -0.39 is 11.4 Å². The van der Waals surface area contributed by atoms with Crippen LogP contribution in [0.5, 0.6) is 11.5 Å². The minimum absolute atomic E-state index is 0.118. The number of nitrogens with zero attached hydrogens (tertiary/aromatic N) is 1. The molecule has 6 nitrogen and oxygen atoms in total. The van der Waals surface area contributed by atoms with Gasteiger partial charge in [0.15, 0.2) is 0 Å². The molecular formula is C16H21NO5. The molecule has 120 valence electrons. The molecule has 0 aliphatic carbocycles. The second kappa shape index (κ2) is 6.25. The third-order valence-electron chi connectivity index (χ3n) is 4.20. The van der Waals surface area contributed by atoms with Gasteiger partial charge in [-0.1, -0.05) is 6.07 Å². The van der Waals surface area contributed by atoms with E-state index in [2.05, 4.69) is 0 Å². The van der Waals surface area contributed by atoms with E-state index in [9.17, 15) is 14.7 Å². The zero-order valence-corrected chi connectivity index (χ0v) is 13.1. The number of hydrogen-bond donors (Lipinski definition) is 1. The highest BCUT2D eigenvalue weighted by Crippen LogP contribution is 2.33. The molecule has 0 radical (unpaired) electrons. The van der Waals surface area contributed by atoms with Crippen molar-refractivity contribution in [3.05, 3.63) is 23.8 Å². The summed E-state index contributed by atoms with van der Waals surface area (Å²) in [5.41, 5.74) is -0.179. The van der Waals surface area contributed by atoms with Gasteiger partial charge in [-0.15, -0.1) is 0 Å². The van der Waals surface area contributed by atoms with Crippen LogP contribution in [0.4, 0.5) is 0 Å². The monoisotopic (exact) mass is 307 g/mol. The van der Waals surface area contributed by atoms with Gasteiger partial charge in [0.05, 0.1) is 26.1 Å². The van der Waals surface area contributed by atoms with Gasteiger partial charge >= 0.3 is 5.97 Å². The largest absolute Gasteiger partial charge is 0.496 e. The molecule has 1 aromatic rings. The number of amides is 1. The Morgan fingerprint density at radius 2 is 1.86 bits per heavy atom. The Kier molecular flexibility index (Phi) is 4.59. The molecule has 0 spiro atoms. The Bertz CT molecular complexity index is 564. The first-order valence-electron chi connectivity index (χ1n) is 7.12. The molecule has 1 N–H and O–H groups in total. The van der Waals surface area contributed by atoms with E-state index in [0.717, 1.165) is 0 Å². The molecule has 1 atom stereocenters. The van der Waals surface area contributed by atoms with Gasteiger partial charge in [0.1, 0.15) is 11.5 Å². The fraction of sp³-hybridized carbons (Fsp3) is 0.500. The van der Waals surface area contributed by atoms with Crippen LogP contribution >= 0.6 is 0 Å². The molecular weight excluding hydrogens is 286 g/mol. The van der Waals surface area contributed by atoms with Gasteiger partial charge in [-0.2, -0.15) is 0 Å². The number of benzene rings is 1. The van der Waals surface area contributed by atoms with Gasteiger partial charge in [-0.3, -0.25) is 9.59 Å². The van der Waals surface area contributed by atoms with Crippen molar-refractivity contribution in [2.24, 2.45) is 5.41 Å². The van der Waals surface area contributed by atoms with Crippen molar-refractivity contribution in [1.82, 2.24) is 4.90 Å². The molecule has 6 heteroatoms. The van der Waals surface area contributed by atoms with Crippen molar-refractivity contribution in [3.63, 3.8) is 0 Å². The highest BCUT2D eigenvalue weighted by Gasteiger charge is 2.42. The SMILES string of the molecule is COc1cccc(OC)c1CC(=O)N1CCC(C)(C(=O)O)C1. The maximum atomic E-state index is 12.5. The summed E-state index contributed by atoms with van der Waals surface area (Å²) in [6.45, 7) is 2.37. The van der Waals surface area contributed by atoms with Crippen LogP contribution in [0, 0.1) is 5.41 Å². The zero-order valence-electron chi connectivity index (χ0n) is 13.1. The van der Waals surface area contributed by atoms with Gasteiger partial charge in [-0.25, -0.2) is 0 Å². The second-order valence-corrected chi connectivity index (χ2v) is 5.75. The first-order valence-corrected chi connectivity index (χ1v) is 7.12. The number of hydrogen-bond acceptors (Lipinski definition) is 4. The van der Waals surface area contributed by atoms with Crippen LogP contribution < -0.4 is 9.47 Å². The van der Waals surface area contributed by atoms with E-state index >= 15 is 0 Å². The molecule has 0 aromatic heterocycles. The van der Waals surface area contributed by atoms with Crippen LogP contribution in [0.25, 0.3) is 0 Å². The topological polar surface area (TPSA) is 76.1 Å². The van der Waals surface area contributed by atoms with E-state index in [-0.39, 0.29) is 18.9 Å². The van der Waals surface area contributed by atoms with Gasteiger partial charge in [0.25, 0.3) is 0 Å². The zero-order chi connectivity index (χ0) is 16.3. The minimum atomic E-state index is -0.863. The molecule has 1 aromatic carbocycles. The lowest BCUT2D eigenvalue weighted by Crippen LogP contribution is -2.35. The third kappa shape index (κ3) is 3.00. The molecule has 1 saturated heterocycles. The van der Waals surface area contributed by atoms with E-state index in [1.807, 2.05) is 0 Å². The molecule has 1 fully saturated rings. The Morgan fingerprint density at radius 1 is 1.27 bits per heavy atom. The number of carboxylic acid groups (broad SMARTS) is 1. The number of methoxy groups -OCH3 is 2. The summed E-state index contributed by atoms with van der Waals surface area (Å²) in [5.74, 6) is 0.200.